The van der Waals surface area contributed by atoms with Crippen LogP contribution >= 0.6 is 0 Å². The van der Waals surface area contributed by atoms with Crippen LogP contribution in [0.15, 0.2) is 0 Å². The van der Waals surface area contributed by atoms with Crippen LogP contribution in [0.4, 0.5) is 0 Å². The van der Waals surface area contributed by atoms with Gasteiger partial charge in [-0.3, -0.25) is 9.80 Å². The minimum absolute atomic E-state index is 0.300. The second kappa shape index (κ2) is 7.91. The molecule has 0 aromatic heterocycles. The van der Waals surface area contributed by atoms with Crippen molar-refractivity contribution in [3.05, 3.63) is 0 Å². The maximum Gasteiger partial charge on any atom is 0.0599 e. The van der Waals surface area contributed by atoms with Gasteiger partial charge in [-0.15, -0.1) is 0 Å². The molecule has 0 radical (unpaired) electrons. The highest BCUT2D eigenvalue weighted by Crippen LogP contribution is 2.22. The van der Waals surface area contributed by atoms with E-state index in [1.807, 2.05) is 0 Å². The Morgan fingerprint density at radius 3 is 2.05 bits per heavy atom. The molecule has 2 fully saturated rings. The van der Waals surface area contributed by atoms with Crippen LogP contribution in [-0.4, -0.2) is 83.8 Å². The van der Waals surface area contributed by atoms with Crippen molar-refractivity contribution < 1.29 is 5.11 Å². The fourth-order valence-electron chi connectivity index (χ4n) is 3.78. The van der Waals surface area contributed by atoms with Gasteiger partial charge in [-0.2, -0.15) is 0 Å². The van der Waals surface area contributed by atoms with Gasteiger partial charge in [-0.25, -0.2) is 0 Å². The summed E-state index contributed by atoms with van der Waals surface area (Å²) in [5, 5.41) is 9.73. The van der Waals surface area contributed by atoms with Gasteiger partial charge in [0.1, 0.15) is 0 Å². The lowest BCUT2D eigenvalue weighted by atomic mass is 9.94. The topological polar surface area (TPSA) is 30.0 Å². The number of nitrogens with zero attached hydrogens (tertiary/aromatic N) is 3. The Balaban J connectivity index is 1.80. The normalized spacial score (nSPS) is 27.9. The summed E-state index contributed by atoms with van der Waals surface area (Å²) in [6.07, 6.45) is 2.64. The molecule has 0 spiro atoms. The Morgan fingerprint density at radius 2 is 1.52 bits per heavy atom. The Bertz CT molecular complexity index is 300. The Kier molecular flexibility index (Phi) is 6.48. The third-order valence-electron chi connectivity index (χ3n) is 5.45. The van der Waals surface area contributed by atoms with Gasteiger partial charge >= 0.3 is 0 Å². The highest BCUT2D eigenvalue weighted by atomic mass is 16.3. The Morgan fingerprint density at radius 1 is 0.905 bits per heavy atom. The molecule has 4 nitrogen and oxygen atoms in total. The summed E-state index contributed by atoms with van der Waals surface area (Å²) in [7, 11) is 0. The summed E-state index contributed by atoms with van der Waals surface area (Å²) in [5.74, 6) is 0.819. The van der Waals surface area contributed by atoms with Crippen molar-refractivity contribution >= 4 is 0 Å². The fourth-order valence-corrected chi connectivity index (χ4v) is 3.78. The van der Waals surface area contributed by atoms with Crippen LogP contribution in [0.25, 0.3) is 0 Å². The molecule has 0 aliphatic carbocycles. The number of hydrogen-bond donors (Lipinski definition) is 1. The van der Waals surface area contributed by atoms with E-state index in [1.54, 1.807) is 0 Å². The zero-order chi connectivity index (χ0) is 15.4. The lowest BCUT2D eigenvalue weighted by Gasteiger charge is -2.44. The summed E-state index contributed by atoms with van der Waals surface area (Å²) < 4.78 is 0. The summed E-state index contributed by atoms with van der Waals surface area (Å²) >= 11 is 0. The predicted octanol–water partition coefficient (Wildman–Crippen LogP) is 1.49. The maximum absolute atomic E-state index is 9.73. The lowest BCUT2D eigenvalue weighted by Crippen LogP contribution is -2.57. The average Bonchev–Trinajstić information content (AvgIpc) is 2.48. The molecule has 0 bridgehead atoms. The molecule has 2 heterocycles. The van der Waals surface area contributed by atoms with E-state index in [-0.39, 0.29) is 0 Å². The molecule has 21 heavy (non-hydrogen) atoms. The highest BCUT2D eigenvalue weighted by Gasteiger charge is 2.30. The van der Waals surface area contributed by atoms with Crippen LogP contribution in [0.5, 0.6) is 0 Å². The molecule has 0 aromatic carbocycles. The van der Waals surface area contributed by atoms with Gasteiger partial charge < -0.3 is 10.0 Å². The van der Waals surface area contributed by atoms with Crippen molar-refractivity contribution in [3.63, 3.8) is 0 Å². The first-order chi connectivity index (χ1) is 10.0. The van der Waals surface area contributed by atoms with Gasteiger partial charge in [-0.1, -0.05) is 0 Å². The predicted molar refractivity (Wildman–Crippen MR) is 88.6 cm³/mol. The first-order valence-electron chi connectivity index (χ1n) is 8.84. The van der Waals surface area contributed by atoms with E-state index in [0.29, 0.717) is 24.7 Å². The standard InChI is InChI=1S/C17H35N3O/c1-14(2)18-7-5-16(6-8-18)11-20-10-9-19(15(3)4)12-17(20)13-21/h14-17,21H,5-13H2,1-4H3/t17-/m1/s1. The maximum atomic E-state index is 9.73. The lowest BCUT2D eigenvalue weighted by molar-refractivity contribution is 0.0102. The van der Waals surface area contributed by atoms with Crippen LogP contribution in [0.3, 0.4) is 0 Å². The number of aliphatic hydroxyl groups is 1. The van der Waals surface area contributed by atoms with Gasteiger partial charge in [-0.05, 0) is 59.5 Å². The Labute approximate surface area is 131 Å². The van der Waals surface area contributed by atoms with E-state index in [1.165, 1.54) is 32.5 Å². The summed E-state index contributed by atoms with van der Waals surface area (Å²) in [6, 6.07) is 1.62. The molecule has 4 heteroatoms. The minimum Gasteiger partial charge on any atom is -0.395 e. The third kappa shape index (κ3) is 4.65. The zero-order valence-electron chi connectivity index (χ0n) is 14.5. The van der Waals surface area contributed by atoms with Crippen LogP contribution in [0.2, 0.25) is 0 Å². The van der Waals surface area contributed by atoms with E-state index < -0.39 is 0 Å². The summed E-state index contributed by atoms with van der Waals surface area (Å²) in [4.78, 5) is 7.64. The Hall–Kier alpha value is -0.160. The molecular weight excluding hydrogens is 262 g/mol. The molecule has 124 valence electrons. The van der Waals surface area contributed by atoms with Crippen molar-refractivity contribution in [3.8, 4) is 0 Å². The molecule has 1 atom stereocenters. The SMILES string of the molecule is CC(C)N1CCC(CN2CCN(C(C)C)C[C@@H]2CO)CC1. The van der Waals surface area contributed by atoms with E-state index in [4.69, 9.17) is 0 Å². The molecular formula is C17H35N3O. The molecule has 0 amide bonds. The smallest absolute Gasteiger partial charge is 0.0599 e. The average molecular weight is 297 g/mol. The van der Waals surface area contributed by atoms with Gasteiger partial charge in [0.15, 0.2) is 0 Å². The van der Waals surface area contributed by atoms with Gasteiger partial charge in [0, 0.05) is 44.3 Å². The molecule has 0 saturated carbocycles. The van der Waals surface area contributed by atoms with E-state index in [2.05, 4.69) is 42.4 Å². The number of piperazine rings is 1. The highest BCUT2D eigenvalue weighted by molar-refractivity contribution is 4.86. The molecule has 2 aliphatic rings. The summed E-state index contributed by atoms with van der Waals surface area (Å²) in [6.45, 7) is 16.4. The second-order valence-corrected chi connectivity index (χ2v) is 7.49. The van der Waals surface area contributed by atoms with E-state index >= 15 is 0 Å². The van der Waals surface area contributed by atoms with Crippen molar-refractivity contribution in [2.45, 2.75) is 58.7 Å². The van der Waals surface area contributed by atoms with Crippen molar-refractivity contribution in [1.29, 1.82) is 0 Å². The number of piperidine rings is 1. The third-order valence-corrected chi connectivity index (χ3v) is 5.45. The zero-order valence-corrected chi connectivity index (χ0v) is 14.5. The van der Waals surface area contributed by atoms with Crippen molar-refractivity contribution in [2.75, 3.05) is 45.9 Å². The molecule has 1 N–H and O–H groups in total. The van der Waals surface area contributed by atoms with Crippen molar-refractivity contribution in [2.24, 2.45) is 5.92 Å². The number of hydrogen-bond acceptors (Lipinski definition) is 4. The van der Waals surface area contributed by atoms with E-state index in [9.17, 15) is 5.11 Å². The molecule has 2 saturated heterocycles. The van der Waals surface area contributed by atoms with Crippen LogP contribution < -0.4 is 0 Å². The fraction of sp³-hybridized carbons (Fsp3) is 1.00. The van der Waals surface area contributed by atoms with Crippen molar-refractivity contribution in [1.82, 2.24) is 14.7 Å². The van der Waals surface area contributed by atoms with Gasteiger partial charge in [0.2, 0.25) is 0 Å². The first-order valence-corrected chi connectivity index (χ1v) is 8.84. The number of rotatable bonds is 5. The van der Waals surface area contributed by atoms with E-state index in [0.717, 1.165) is 25.6 Å². The van der Waals surface area contributed by atoms with Crippen LogP contribution in [-0.2, 0) is 0 Å². The molecule has 2 rings (SSSR count). The second-order valence-electron chi connectivity index (χ2n) is 7.49. The van der Waals surface area contributed by atoms with Gasteiger partial charge in [0.05, 0.1) is 6.61 Å². The van der Waals surface area contributed by atoms with Crippen LogP contribution in [0, 0.1) is 5.92 Å². The van der Waals surface area contributed by atoms with Crippen LogP contribution in [0.1, 0.15) is 40.5 Å². The molecule has 2 aliphatic heterocycles. The summed E-state index contributed by atoms with van der Waals surface area (Å²) in [5.41, 5.74) is 0. The first kappa shape index (κ1) is 17.2. The quantitative estimate of drug-likeness (QED) is 0.833. The minimum atomic E-state index is 0.300. The largest absolute Gasteiger partial charge is 0.395 e. The number of likely N-dealkylation sites (tertiary alicyclic amines) is 1. The molecule has 0 aromatic rings. The molecule has 0 unspecified atom stereocenters. The monoisotopic (exact) mass is 297 g/mol. The number of aliphatic hydroxyl groups excluding tert-OH is 1. The van der Waals surface area contributed by atoms with Gasteiger partial charge in [0.25, 0.3) is 0 Å².